The first-order chi connectivity index (χ1) is 19.3. The molecule has 2 heterocycles. The van der Waals surface area contributed by atoms with Crippen LogP contribution < -0.4 is 27.0 Å². The number of hydrogen-bond acceptors (Lipinski definition) is 9. The highest BCUT2D eigenvalue weighted by molar-refractivity contribution is 6.30. The predicted molar refractivity (Wildman–Crippen MR) is 152 cm³/mol. The van der Waals surface area contributed by atoms with Crippen LogP contribution in [0.3, 0.4) is 0 Å². The Kier molecular flexibility index (Phi) is 10.3. The molecule has 2 aromatic heterocycles. The molecule has 0 unspecified atom stereocenters. The number of nitrogens with zero attached hydrogens (tertiary/aromatic N) is 3. The van der Waals surface area contributed by atoms with Gasteiger partial charge in [-0.2, -0.15) is 0 Å². The van der Waals surface area contributed by atoms with E-state index in [1.165, 1.54) is 6.92 Å². The second-order valence-electron chi connectivity index (χ2n) is 9.89. The minimum absolute atomic E-state index is 0.0195. The molecule has 0 aliphatic heterocycles. The van der Waals surface area contributed by atoms with E-state index < -0.39 is 35.8 Å². The number of nitrogens with one attached hydrogen (secondary N) is 4. The van der Waals surface area contributed by atoms with Gasteiger partial charge in [0.15, 0.2) is 5.15 Å². The lowest BCUT2D eigenvalue weighted by molar-refractivity contribution is -0.121. The monoisotopic (exact) mass is 585 g/mol. The maximum Gasteiger partial charge on any atom is 0.426 e. The molecule has 13 nitrogen and oxygen atoms in total. The summed E-state index contributed by atoms with van der Waals surface area (Å²) < 4.78 is 11.5. The van der Waals surface area contributed by atoms with Crippen LogP contribution in [0.25, 0.3) is 0 Å². The van der Waals surface area contributed by atoms with Crippen LogP contribution in [0.5, 0.6) is 0 Å². The number of hydrazine groups is 1. The molecule has 0 atom stereocenters. The summed E-state index contributed by atoms with van der Waals surface area (Å²) in [6, 6.07) is 12.4. The lowest BCUT2D eigenvalue weighted by Crippen LogP contribution is -2.38. The Labute approximate surface area is 241 Å². The molecule has 14 heteroatoms. The number of aryl methyl sites for hydroxylation is 1. The first-order valence-corrected chi connectivity index (χ1v) is 12.9. The van der Waals surface area contributed by atoms with E-state index >= 15 is 0 Å². The number of rotatable bonds is 9. The molecule has 0 saturated heterocycles. The van der Waals surface area contributed by atoms with E-state index in [0.29, 0.717) is 17.1 Å². The van der Waals surface area contributed by atoms with E-state index in [9.17, 15) is 19.2 Å². The van der Waals surface area contributed by atoms with Gasteiger partial charge in [-0.1, -0.05) is 41.9 Å². The molecule has 3 rings (SSSR count). The van der Waals surface area contributed by atoms with Crippen molar-refractivity contribution in [1.29, 1.82) is 0 Å². The van der Waals surface area contributed by atoms with Crippen molar-refractivity contribution in [3.8, 4) is 0 Å². The van der Waals surface area contributed by atoms with E-state index in [4.69, 9.17) is 21.1 Å². The van der Waals surface area contributed by atoms with Crippen molar-refractivity contribution in [2.24, 2.45) is 0 Å². The summed E-state index contributed by atoms with van der Waals surface area (Å²) in [5.41, 5.74) is 5.66. The average molecular weight is 586 g/mol. The Morgan fingerprint density at radius 1 is 1.00 bits per heavy atom. The molecule has 0 fully saturated rings. The number of hydrogen-bond donors (Lipinski definition) is 4. The molecule has 218 valence electrons. The van der Waals surface area contributed by atoms with Crippen LogP contribution in [-0.4, -0.2) is 38.2 Å². The van der Waals surface area contributed by atoms with Gasteiger partial charge < -0.3 is 14.8 Å². The van der Waals surface area contributed by atoms with Crippen LogP contribution in [0.15, 0.2) is 47.3 Å². The summed E-state index contributed by atoms with van der Waals surface area (Å²) in [7, 11) is 0. The van der Waals surface area contributed by atoms with E-state index in [1.807, 2.05) is 18.2 Å². The highest BCUT2D eigenvalue weighted by atomic mass is 35.5. The van der Waals surface area contributed by atoms with Gasteiger partial charge in [-0.3, -0.25) is 29.9 Å². The summed E-state index contributed by atoms with van der Waals surface area (Å²) in [5.74, 6) is -0.848. The van der Waals surface area contributed by atoms with Gasteiger partial charge in [-0.05, 0) is 52.3 Å². The highest BCUT2D eigenvalue weighted by Crippen LogP contribution is 2.17. The van der Waals surface area contributed by atoms with Crippen molar-refractivity contribution in [1.82, 2.24) is 25.3 Å². The third-order valence-corrected chi connectivity index (χ3v) is 5.72. The smallest absolute Gasteiger partial charge is 0.426 e. The fourth-order valence-electron chi connectivity index (χ4n) is 3.41. The zero-order chi connectivity index (χ0) is 30.2. The maximum atomic E-state index is 13.0. The van der Waals surface area contributed by atoms with Crippen LogP contribution in [-0.2, 0) is 34.0 Å². The number of ether oxygens (including phenoxy) is 2. The van der Waals surface area contributed by atoms with Crippen molar-refractivity contribution in [3.05, 3.63) is 80.6 Å². The number of halogens is 1. The molecule has 3 aromatic rings. The van der Waals surface area contributed by atoms with Crippen molar-refractivity contribution < 1.29 is 23.9 Å². The second-order valence-corrected chi connectivity index (χ2v) is 10.2. The van der Waals surface area contributed by atoms with Gasteiger partial charge in [0.1, 0.15) is 18.8 Å². The number of carbonyl (C=O) groups is 3. The fourth-order valence-corrected chi connectivity index (χ4v) is 3.60. The number of carbonyl (C=O) groups excluding carboxylic acids is 3. The average Bonchev–Trinajstić information content (AvgIpc) is 2.90. The fraction of sp³-hybridized carbons (Fsp3) is 0.333. The van der Waals surface area contributed by atoms with Crippen molar-refractivity contribution >= 4 is 41.2 Å². The Morgan fingerprint density at radius 3 is 2.39 bits per heavy atom. The van der Waals surface area contributed by atoms with E-state index in [1.54, 1.807) is 52.0 Å². The normalized spacial score (nSPS) is 10.9. The number of aromatic nitrogens is 3. The summed E-state index contributed by atoms with van der Waals surface area (Å²) >= 11 is 6.19. The molecular formula is C27H32ClN7O6. The van der Waals surface area contributed by atoms with Gasteiger partial charge >= 0.3 is 12.2 Å². The Balaban J connectivity index is 1.64. The van der Waals surface area contributed by atoms with Crippen molar-refractivity contribution in [3.63, 3.8) is 0 Å². The first-order valence-electron chi connectivity index (χ1n) is 12.5. The molecule has 0 saturated carbocycles. The minimum atomic E-state index is -0.850. The third kappa shape index (κ3) is 9.49. The highest BCUT2D eigenvalue weighted by Gasteiger charge is 2.19. The Morgan fingerprint density at radius 2 is 1.71 bits per heavy atom. The molecule has 4 N–H and O–H groups in total. The van der Waals surface area contributed by atoms with Crippen molar-refractivity contribution in [2.45, 2.75) is 59.9 Å². The quantitative estimate of drug-likeness (QED) is 0.273. The maximum absolute atomic E-state index is 13.0. The van der Waals surface area contributed by atoms with Gasteiger partial charge in [-0.25, -0.2) is 20.0 Å². The van der Waals surface area contributed by atoms with Gasteiger partial charge in [0.25, 0.3) is 5.56 Å². The van der Waals surface area contributed by atoms with Crippen LogP contribution in [0, 0.1) is 13.8 Å². The summed E-state index contributed by atoms with van der Waals surface area (Å²) in [4.78, 5) is 58.5. The molecule has 0 aliphatic rings. The lowest BCUT2D eigenvalue weighted by Gasteiger charge is -2.20. The van der Waals surface area contributed by atoms with Crippen LogP contribution in [0.1, 0.15) is 43.4 Å². The number of pyridine rings is 1. The molecule has 41 heavy (non-hydrogen) atoms. The van der Waals surface area contributed by atoms with Crippen molar-refractivity contribution in [2.75, 3.05) is 10.7 Å². The van der Waals surface area contributed by atoms with Crippen LogP contribution in [0.2, 0.25) is 5.15 Å². The lowest BCUT2D eigenvalue weighted by atomic mass is 10.2. The second kappa shape index (κ2) is 13.6. The van der Waals surface area contributed by atoms with Gasteiger partial charge in [0, 0.05) is 5.69 Å². The number of anilines is 2. The molecule has 1 aromatic carbocycles. The predicted octanol–water partition coefficient (Wildman–Crippen LogP) is 3.83. The number of benzene rings is 1. The topological polar surface area (TPSA) is 166 Å². The van der Waals surface area contributed by atoms with Gasteiger partial charge in [0.05, 0.1) is 23.6 Å². The molecule has 0 radical (unpaired) electrons. The van der Waals surface area contributed by atoms with Crippen LogP contribution >= 0.6 is 11.6 Å². The largest absolute Gasteiger partial charge is 0.444 e. The molecule has 0 spiro atoms. The Bertz CT molecular complexity index is 1470. The summed E-state index contributed by atoms with van der Waals surface area (Å²) in [6.07, 6.45) is -1.51. The SMILES string of the molecule is Cc1ccc(NC(=O)OC(C)(C)C)c(CNC(=O)Cn2c(C)c(Cl)nc(NNC(=O)OCc3ccccc3)c2=O)n1. The molecule has 0 bridgehead atoms. The standard InChI is InChI=1S/C27H32ClN7O6/c1-16-11-12-19(31-25(38)41-27(3,4)5)20(30-16)13-29-21(36)14-35-17(2)22(28)32-23(24(35)37)33-34-26(39)40-15-18-9-7-6-8-10-18/h6-12H,13-15H2,1-5H3,(H,29,36)(H,31,38)(H,32,33)(H,34,39). The van der Waals surface area contributed by atoms with E-state index in [2.05, 4.69) is 31.5 Å². The summed E-state index contributed by atoms with van der Waals surface area (Å²) in [5, 5.41) is 5.27. The molecule has 3 amide bonds. The third-order valence-electron chi connectivity index (χ3n) is 5.36. The first kappa shape index (κ1) is 30.9. The van der Waals surface area contributed by atoms with Gasteiger partial charge in [0.2, 0.25) is 11.7 Å². The zero-order valence-corrected chi connectivity index (χ0v) is 24.1. The van der Waals surface area contributed by atoms with E-state index in [0.717, 1.165) is 10.1 Å². The molecular weight excluding hydrogens is 554 g/mol. The summed E-state index contributed by atoms with van der Waals surface area (Å²) in [6.45, 7) is 8.09. The number of amides is 3. The zero-order valence-electron chi connectivity index (χ0n) is 23.3. The minimum Gasteiger partial charge on any atom is -0.444 e. The van der Waals surface area contributed by atoms with Crippen LogP contribution in [0.4, 0.5) is 21.1 Å². The van der Waals surface area contributed by atoms with E-state index in [-0.39, 0.29) is 29.8 Å². The van der Waals surface area contributed by atoms with Gasteiger partial charge in [-0.15, -0.1) is 0 Å². The Hall–Kier alpha value is -4.65. The molecule has 0 aliphatic carbocycles.